The quantitative estimate of drug-likeness (QED) is 0.907. The lowest BCUT2D eigenvalue weighted by atomic mass is 10.0. The van der Waals surface area contributed by atoms with Crippen LogP contribution in [0.3, 0.4) is 0 Å². The Bertz CT molecular complexity index is 588. The molecule has 1 aliphatic rings. The van der Waals surface area contributed by atoms with Gasteiger partial charge in [0.05, 0.1) is 0 Å². The van der Waals surface area contributed by atoms with E-state index in [2.05, 4.69) is 52.5 Å². The molecule has 23 heavy (non-hydrogen) atoms. The summed E-state index contributed by atoms with van der Waals surface area (Å²) < 4.78 is 0. The summed E-state index contributed by atoms with van der Waals surface area (Å²) in [6, 6.07) is 13.7. The van der Waals surface area contributed by atoms with E-state index in [1.54, 1.807) is 0 Å². The number of aryl methyl sites for hydroxylation is 1. The van der Waals surface area contributed by atoms with E-state index in [1.165, 1.54) is 29.5 Å². The van der Waals surface area contributed by atoms with Gasteiger partial charge in [0, 0.05) is 44.6 Å². The molecule has 2 heterocycles. The maximum Gasteiger partial charge on any atom is 0.0491 e. The lowest BCUT2D eigenvalue weighted by Crippen LogP contribution is -2.45. The van der Waals surface area contributed by atoms with Crippen molar-refractivity contribution in [1.29, 1.82) is 0 Å². The Balaban J connectivity index is 0.00000192. The minimum atomic E-state index is 0. The Morgan fingerprint density at radius 3 is 2.87 bits per heavy atom. The van der Waals surface area contributed by atoms with Crippen LogP contribution in [0.2, 0.25) is 0 Å². The van der Waals surface area contributed by atoms with Crippen molar-refractivity contribution in [2.45, 2.75) is 32.4 Å². The van der Waals surface area contributed by atoms with E-state index in [4.69, 9.17) is 0 Å². The van der Waals surface area contributed by atoms with Crippen molar-refractivity contribution < 1.29 is 0 Å². The van der Waals surface area contributed by atoms with Crippen molar-refractivity contribution in [3.63, 3.8) is 0 Å². The summed E-state index contributed by atoms with van der Waals surface area (Å²) in [5.74, 6) is 0. The Labute approximate surface area is 145 Å². The second-order valence-corrected chi connectivity index (χ2v) is 6.05. The minimum Gasteiger partial charge on any atom is -0.314 e. The molecule has 1 N–H and O–H groups in total. The Morgan fingerprint density at radius 1 is 1.22 bits per heavy atom. The van der Waals surface area contributed by atoms with Crippen LogP contribution in [0.25, 0.3) is 0 Å². The third-order valence-electron chi connectivity index (χ3n) is 4.34. The van der Waals surface area contributed by atoms with E-state index in [9.17, 15) is 0 Å². The van der Waals surface area contributed by atoms with E-state index in [-0.39, 0.29) is 12.4 Å². The summed E-state index contributed by atoms with van der Waals surface area (Å²) in [6.07, 6.45) is 6.22. The van der Waals surface area contributed by atoms with Gasteiger partial charge in [0.1, 0.15) is 0 Å². The molecule has 1 aromatic carbocycles. The molecule has 0 spiro atoms. The third kappa shape index (κ3) is 4.77. The van der Waals surface area contributed by atoms with Gasteiger partial charge in [-0.25, -0.2) is 0 Å². The number of aromatic nitrogens is 1. The SMILES string of the molecule is CCCc1cccc(CN2CCNCC2c2cccnc2)c1.Cl. The number of pyridine rings is 1. The topological polar surface area (TPSA) is 28.2 Å². The van der Waals surface area contributed by atoms with E-state index < -0.39 is 0 Å². The Kier molecular flexibility index (Phi) is 7.03. The molecule has 3 rings (SSSR count). The summed E-state index contributed by atoms with van der Waals surface area (Å²) in [5, 5.41) is 3.51. The first-order chi connectivity index (χ1) is 10.9. The van der Waals surface area contributed by atoms with Gasteiger partial charge in [-0.2, -0.15) is 0 Å². The van der Waals surface area contributed by atoms with Crippen LogP contribution in [0.4, 0.5) is 0 Å². The fraction of sp³-hybridized carbons (Fsp3) is 0.421. The highest BCUT2D eigenvalue weighted by Gasteiger charge is 2.23. The van der Waals surface area contributed by atoms with Crippen LogP contribution in [0.5, 0.6) is 0 Å². The maximum atomic E-state index is 4.29. The molecule has 0 saturated carbocycles. The molecule has 1 saturated heterocycles. The highest BCUT2D eigenvalue weighted by molar-refractivity contribution is 5.85. The lowest BCUT2D eigenvalue weighted by Gasteiger charge is -2.36. The zero-order chi connectivity index (χ0) is 15.2. The number of halogens is 1. The van der Waals surface area contributed by atoms with E-state index >= 15 is 0 Å². The van der Waals surface area contributed by atoms with Gasteiger partial charge in [-0.15, -0.1) is 12.4 Å². The van der Waals surface area contributed by atoms with Crippen LogP contribution < -0.4 is 5.32 Å². The standard InChI is InChI=1S/C19H25N3.ClH/c1-2-5-16-6-3-7-17(12-16)15-22-11-10-21-14-19(22)18-8-4-9-20-13-18;/h3-4,6-9,12-13,19,21H,2,5,10-11,14-15H2,1H3;1H. The van der Waals surface area contributed by atoms with Crippen molar-refractivity contribution in [3.05, 3.63) is 65.5 Å². The summed E-state index contributed by atoms with van der Waals surface area (Å²) in [5.41, 5.74) is 4.18. The number of rotatable bonds is 5. The van der Waals surface area contributed by atoms with Crippen LogP contribution in [0, 0.1) is 0 Å². The largest absolute Gasteiger partial charge is 0.314 e. The van der Waals surface area contributed by atoms with Crippen LogP contribution in [-0.4, -0.2) is 29.5 Å². The van der Waals surface area contributed by atoms with Crippen LogP contribution >= 0.6 is 12.4 Å². The number of nitrogens with zero attached hydrogens (tertiary/aromatic N) is 2. The molecule has 1 fully saturated rings. The predicted octanol–water partition coefficient (Wildman–Crippen LogP) is 3.60. The van der Waals surface area contributed by atoms with Gasteiger partial charge in [0.2, 0.25) is 0 Å². The van der Waals surface area contributed by atoms with Crippen molar-refractivity contribution in [3.8, 4) is 0 Å². The maximum absolute atomic E-state index is 4.29. The van der Waals surface area contributed by atoms with Crippen LogP contribution in [0.1, 0.15) is 36.1 Å². The van der Waals surface area contributed by atoms with Gasteiger partial charge in [0.25, 0.3) is 0 Å². The zero-order valence-electron chi connectivity index (χ0n) is 13.7. The summed E-state index contributed by atoms with van der Waals surface area (Å²) >= 11 is 0. The number of benzene rings is 1. The zero-order valence-corrected chi connectivity index (χ0v) is 14.6. The fourth-order valence-corrected chi connectivity index (χ4v) is 3.24. The molecule has 2 aromatic rings. The average molecular weight is 332 g/mol. The molecule has 3 nitrogen and oxygen atoms in total. The molecule has 0 bridgehead atoms. The first-order valence-corrected chi connectivity index (χ1v) is 8.29. The fourth-order valence-electron chi connectivity index (χ4n) is 3.24. The van der Waals surface area contributed by atoms with Gasteiger partial charge in [-0.3, -0.25) is 9.88 Å². The molecule has 1 atom stereocenters. The van der Waals surface area contributed by atoms with Crippen molar-refractivity contribution in [2.24, 2.45) is 0 Å². The number of hydrogen-bond donors (Lipinski definition) is 1. The highest BCUT2D eigenvalue weighted by atomic mass is 35.5. The van der Waals surface area contributed by atoms with E-state index in [1.807, 2.05) is 18.5 Å². The first-order valence-electron chi connectivity index (χ1n) is 8.29. The minimum absolute atomic E-state index is 0. The number of hydrogen-bond acceptors (Lipinski definition) is 3. The van der Waals surface area contributed by atoms with Crippen molar-refractivity contribution >= 4 is 12.4 Å². The van der Waals surface area contributed by atoms with Gasteiger partial charge in [-0.05, 0) is 29.2 Å². The summed E-state index contributed by atoms with van der Waals surface area (Å²) in [7, 11) is 0. The molecule has 0 amide bonds. The second-order valence-electron chi connectivity index (χ2n) is 6.05. The van der Waals surface area contributed by atoms with Gasteiger partial charge < -0.3 is 5.32 Å². The molecule has 1 aliphatic heterocycles. The van der Waals surface area contributed by atoms with Crippen molar-refractivity contribution in [2.75, 3.05) is 19.6 Å². The Hall–Kier alpha value is -1.42. The van der Waals surface area contributed by atoms with Gasteiger partial charge in [-0.1, -0.05) is 43.7 Å². The second kappa shape index (κ2) is 9.02. The molecule has 124 valence electrons. The van der Waals surface area contributed by atoms with Gasteiger partial charge in [0.15, 0.2) is 0 Å². The molecular formula is C19H26ClN3. The number of piperazine rings is 1. The monoisotopic (exact) mass is 331 g/mol. The molecule has 0 radical (unpaired) electrons. The lowest BCUT2D eigenvalue weighted by molar-refractivity contribution is 0.153. The molecule has 4 heteroatoms. The Morgan fingerprint density at radius 2 is 2.09 bits per heavy atom. The average Bonchev–Trinajstić information content (AvgIpc) is 2.57. The molecule has 0 aliphatic carbocycles. The van der Waals surface area contributed by atoms with Crippen LogP contribution in [0.15, 0.2) is 48.8 Å². The van der Waals surface area contributed by atoms with E-state index in [0.29, 0.717) is 6.04 Å². The summed E-state index contributed by atoms with van der Waals surface area (Å²) in [4.78, 5) is 6.85. The normalized spacial score (nSPS) is 18.4. The van der Waals surface area contributed by atoms with E-state index in [0.717, 1.165) is 26.2 Å². The molecular weight excluding hydrogens is 306 g/mol. The van der Waals surface area contributed by atoms with Crippen molar-refractivity contribution in [1.82, 2.24) is 15.2 Å². The third-order valence-corrected chi connectivity index (χ3v) is 4.34. The van der Waals surface area contributed by atoms with Gasteiger partial charge >= 0.3 is 0 Å². The smallest absolute Gasteiger partial charge is 0.0491 e. The summed E-state index contributed by atoms with van der Waals surface area (Å²) in [6.45, 7) is 6.39. The highest BCUT2D eigenvalue weighted by Crippen LogP contribution is 2.23. The molecule has 1 unspecified atom stereocenters. The predicted molar refractivity (Wildman–Crippen MR) is 97.9 cm³/mol. The number of nitrogens with one attached hydrogen (secondary N) is 1. The molecule has 1 aromatic heterocycles. The van der Waals surface area contributed by atoms with Crippen LogP contribution in [-0.2, 0) is 13.0 Å². The first kappa shape index (κ1) is 17.9.